The van der Waals surface area contributed by atoms with Crippen LogP contribution in [-0.2, 0) is 12.7 Å². The lowest BCUT2D eigenvalue weighted by Crippen LogP contribution is -2.35. The van der Waals surface area contributed by atoms with E-state index in [2.05, 4.69) is 10.1 Å². The van der Waals surface area contributed by atoms with Gasteiger partial charge in [0, 0.05) is 30.8 Å². The van der Waals surface area contributed by atoms with Crippen molar-refractivity contribution in [2.75, 3.05) is 24.5 Å². The van der Waals surface area contributed by atoms with Crippen LogP contribution in [0.15, 0.2) is 59.1 Å². The van der Waals surface area contributed by atoms with E-state index in [4.69, 9.17) is 4.52 Å². The molecule has 186 valence electrons. The lowest BCUT2D eigenvalue weighted by atomic mass is 10.0. The van der Waals surface area contributed by atoms with Crippen molar-refractivity contribution in [1.82, 2.24) is 10.1 Å². The molecular weight excluding hydrogens is 455 g/mol. The SMILES string of the molecule is CC(C)CN(Cc1c(-c2ccccc2)noc1N1CCCCC1)C(=O)c1ccc(C(F)(F)F)cc1. The summed E-state index contributed by atoms with van der Waals surface area (Å²) in [5.74, 6) is 0.502. The number of benzene rings is 2. The number of carbonyl (C=O) groups is 1. The summed E-state index contributed by atoms with van der Waals surface area (Å²) in [7, 11) is 0. The van der Waals surface area contributed by atoms with Crippen LogP contribution in [0.3, 0.4) is 0 Å². The van der Waals surface area contributed by atoms with Crippen molar-refractivity contribution in [3.05, 3.63) is 71.3 Å². The Morgan fingerprint density at radius 1 is 1.03 bits per heavy atom. The first-order chi connectivity index (χ1) is 16.7. The lowest BCUT2D eigenvalue weighted by Gasteiger charge is -2.29. The Bertz CT molecular complexity index is 1120. The molecule has 2 aromatic carbocycles. The van der Waals surface area contributed by atoms with Gasteiger partial charge in [0.1, 0.15) is 5.69 Å². The van der Waals surface area contributed by atoms with Gasteiger partial charge < -0.3 is 14.3 Å². The van der Waals surface area contributed by atoms with E-state index >= 15 is 0 Å². The Labute approximate surface area is 203 Å². The number of hydrogen-bond acceptors (Lipinski definition) is 4. The van der Waals surface area contributed by atoms with E-state index in [-0.39, 0.29) is 23.9 Å². The second-order valence-electron chi connectivity index (χ2n) is 9.38. The van der Waals surface area contributed by atoms with E-state index in [1.807, 2.05) is 44.2 Å². The molecule has 3 aromatic rings. The Kier molecular flexibility index (Phi) is 7.48. The Balaban J connectivity index is 1.69. The van der Waals surface area contributed by atoms with Crippen LogP contribution in [0.4, 0.5) is 19.1 Å². The lowest BCUT2D eigenvalue weighted by molar-refractivity contribution is -0.137. The number of halogens is 3. The zero-order chi connectivity index (χ0) is 25.0. The van der Waals surface area contributed by atoms with E-state index in [1.165, 1.54) is 12.1 Å². The number of rotatable bonds is 7. The molecule has 0 radical (unpaired) electrons. The first kappa shape index (κ1) is 24.8. The van der Waals surface area contributed by atoms with Crippen molar-refractivity contribution < 1.29 is 22.5 Å². The largest absolute Gasteiger partial charge is 0.416 e. The van der Waals surface area contributed by atoms with Crippen molar-refractivity contribution in [1.29, 1.82) is 0 Å². The van der Waals surface area contributed by atoms with Crippen LogP contribution in [0.25, 0.3) is 11.3 Å². The average Bonchev–Trinajstić information content (AvgIpc) is 3.27. The molecule has 4 rings (SSSR count). The molecule has 8 heteroatoms. The molecule has 1 saturated heterocycles. The van der Waals surface area contributed by atoms with Crippen molar-refractivity contribution in [3.8, 4) is 11.3 Å². The molecule has 1 fully saturated rings. The van der Waals surface area contributed by atoms with Gasteiger partial charge in [0.25, 0.3) is 5.91 Å². The monoisotopic (exact) mass is 485 g/mol. The Morgan fingerprint density at radius 2 is 1.69 bits per heavy atom. The Hall–Kier alpha value is -3.29. The molecule has 0 bridgehead atoms. The molecule has 0 aliphatic carbocycles. The molecule has 0 unspecified atom stereocenters. The minimum absolute atomic E-state index is 0.159. The van der Waals surface area contributed by atoms with E-state index < -0.39 is 11.7 Å². The van der Waals surface area contributed by atoms with E-state index in [9.17, 15) is 18.0 Å². The van der Waals surface area contributed by atoms with Gasteiger partial charge in [-0.2, -0.15) is 13.2 Å². The van der Waals surface area contributed by atoms with E-state index in [0.29, 0.717) is 18.1 Å². The van der Waals surface area contributed by atoms with E-state index in [0.717, 1.165) is 55.6 Å². The van der Waals surface area contributed by atoms with Gasteiger partial charge in [-0.1, -0.05) is 49.3 Å². The number of carbonyl (C=O) groups excluding carboxylic acids is 1. The smallest absolute Gasteiger partial charge is 0.340 e. The molecule has 0 N–H and O–H groups in total. The summed E-state index contributed by atoms with van der Waals surface area (Å²) in [4.78, 5) is 17.3. The second-order valence-corrected chi connectivity index (χ2v) is 9.38. The summed E-state index contributed by atoms with van der Waals surface area (Å²) in [5, 5.41) is 4.38. The van der Waals surface area contributed by atoms with Gasteiger partial charge in [-0.05, 0) is 49.4 Å². The van der Waals surface area contributed by atoms with Crippen molar-refractivity contribution >= 4 is 11.8 Å². The van der Waals surface area contributed by atoms with Crippen LogP contribution in [0.1, 0.15) is 54.6 Å². The number of amides is 1. The summed E-state index contributed by atoms with van der Waals surface area (Å²) >= 11 is 0. The zero-order valence-corrected chi connectivity index (χ0v) is 20.0. The summed E-state index contributed by atoms with van der Waals surface area (Å²) in [6.45, 7) is 6.41. The minimum atomic E-state index is -4.45. The molecule has 1 aliphatic rings. The maximum absolute atomic E-state index is 13.5. The number of anilines is 1. The van der Waals surface area contributed by atoms with Crippen LogP contribution in [-0.4, -0.2) is 35.6 Å². The quantitative estimate of drug-likeness (QED) is 0.376. The highest BCUT2D eigenvalue weighted by molar-refractivity contribution is 5.94. The fourth-order valence-electron chi connectivity index (χ4n) is 4.45. The second kappa shape index (κ2) is 10.5. The molecule has 0 spiro atoms. The Morgan fingerprint density at radius 3 is 2.29 bits per heavy atom. The van der Waals surface area contributed by atoms with Crippen LogP contribution in [0.2, 0.25) is 0 Å². The third-order valence-electron chi connectivity index (χ3n) is 6.14. The molecule has 1 amide bonds. The fourth-order valence-corrected chi connectivity index (χ4v) is 4.45. The maximum Gasteiger partial charge on any atom is 0.416 e. The highest BCUT2D eigenvalue weighted by Crippen LogP contribution is 2.34. The third kappa shape index (κ3) is 5.86. The molecule has 1 aromatic heterocycles. The molecule has 0 atom stereocenters. The van der Waals surface area contributed by atoms with Gasteiger partial charge in [-0.3, -0.25) is 4.79 Å². The molecule has 5 nitrogen and oxygen atoms in total. The van der Waals surface area contributed by atoms with Gasteiger partial charge in [0.2, 0.25) is 5.88 Å². The first-order valence-corrected chi connectivity index (χ1v) is 12.0. The number of hydrogen-bond donors (Lipinski definition) is 0. The predicted molar refractivity (Wildman–Crippen MR) is 129 cm³/mol. The number of aromatic nitrogens is 1. The average molecular weight is 486 g/mol. The highest BCUT2D eigenvalue weighted by Gasteiger charge is 2.31. The first-order valence-electron chi connectivity index (χ1n) is 12.0. The summed E-state index contributed by atoms with van der Waals surface area (Å²) in [6.07, 6.45) is -1.17. The van der Waals surface area contributed by atoms with Crippen LogP contribution in [0.5, 0.6) is 0 Å². The maximum atomic E-state index is 13.5. The molecule has 1 aliphatic heterocycles. The van der Waals surface area contributed by atoms with E-state index in [1.54, 1.807) is 4.90 Å². The van der Waals surface area contributed by atoms with Gasteiger partial charge in [-0.25, -0.2) is 0 Å². The predicted octanol–water partition coefficient (Wildman–Crippen LogP) is 6.65. The summed E-state index contributed by atoms with van der Waals surface area (Å²) < 4.78 is 44.9. The highest BCUT2D eigenvalue weighted by atomic mass is 19.4. The molecular formula is C27H30F3N3O2. The molecule has 35 heavy (non-hydrogen) atoms. The van der Waals surface area contributed by atoms with Gasteiger partial charge in [0.15, 0.2) is 0 Å². The van der Waals surface area contributed by atoms with Gasteiger partial charge in [0.05, 0.1) is 17.7 Å². The molecule has 0 saturated carbocycles. The fraction of sp³-hybridized carbons (Fsp3) is 0.407. The van der Waals surface area contributed by atoms with Crippen LogP contribution < -0.4 is 4.90 Å². The van der Waals surface area contributed by atoms with Crippen LogP contribution in [0, 0.1) is 5.92 Å². The third-order valence-corrected chi connectivity index (χ3v) is 6.14. The van der Waals surface area contributed by atoms with Crippen molar-refractivity contribution in [3.63, 3.8) is 0 Å². The molecule has 2 heterocycles. The van der Waals surface area contributed by atoms with Crippen LogP contribution >= 0.6 is 0 Å². The standard InChI is InChI=1S/C27H30F3N3O2/c1-19(2)17-33(25(34)21-11-13-22(14-12-21)27(28,29)30)18-23-24(20-9-5-3-6-10-20)31-35-26(23)32-15-7-4-8-16-32/h3,5-6,9-14,19H,4,7-8,15-18H2,1-2H3. The number of nitrogens with zero attached hydrogens (tertiary/aromatic N) is 3. The minimum Gasteiger partial charge on any atom is -0.340 e. The topological polar surface area (TPSA) is 49.6 Å². The summed E-state index contributed by atoms with van der Waals surface area (Å²) in [5.41, 5.74) is 1.83. The normalized spacial score (nSPS) is 14.4. The summed E-state index contributed by atoms with van der Waals surface area (Å²) in [6, 6.07) is 14.1. The van der Waals surface area contributed by atoms with Gasteiger partial charge >= 0.3 is 6.18 Å². The van der Waals surface area contributed by atoms with Gasteiger partial charge in [-0.15, -0.1) is 0 Å². The van der Waals surface area contributed by atoms with Crippen molar-refractivity contribution in [2.45, 2.75) is 45.8 Å². The van der Waals surface area contributed by atoms with Crippen molar-refractivity contribution in [2.24, 2.45) is 5.92 Å². The number of alkyl halides is 3. The zero-order valence-electron chi connectivity index (χ0n) is 20.0. The number of piperidine rings is 1.